The van der Waals surface area contributed by atoms with E-state index in [1.807, 2.05) is 0 Å². The van der Waals surface area contributed by atoms with Crippen LogP contribution < -0.4 is 5.32 Å². The molecule has 7 heteroatoms. The summed E-state index contributed by atoms with van der Waals surface area (Å²) in [6, 6.07) is -0.185. The fourth-order valence-corrected chi connectivity index (χ4v) is 4.77. The van der Waals surface area contributed by atoms with Gasteiger partial charge < -0.3 is 15.0 Å². The Morgan fingerprint density at radius 1 is 1.40 bits per heavy atom. The maximum Gasteiger partial charge on any atom is 0.227 e. The molecule has 1 N–H and O–H groups in total. The average Bonchev–Trinajstić information content (AvgIpc) is 2.95. The fraction of sp³-hybridized carbons (Fsp3) is 0.923. The van der Waals surface area contributed by atoms with E-state index in [1.165, 1.54) is 0 Å². The number of ether oxygens (including phenoxy) is 1. The Hall–Kier alpha value is -0.660. The predicted octanol–water partition coefficient (Wildman–Crippen LogP) is -0.496. The summed E-state index contributed by atoms with van der Waals surface area (Å²) in [6.07, 6.45) is 0.548. The maximum atomic E-state index is 12.7. The standard InChI is InChI=1S/C13H24N2O4S/c1-10-7-14-8-12(10)13(16)15(4-5-19-2)11-3-6-20(17,18)9-11/h10-12,14H,3-9H2,1-2H3/t10-,11?,12-/m1/s1. The maximum absolute atomic E-state index is 12.7. The van der Waals surface area contributed by atoms with Crippen LogP contribution >= 0.6 is 0 Å². The van der Waals surface area contributed by atoms with Crippen molar-refractivity contribution in [2.45, 2.75) is 19.4 Å². The number of hydrogen-bond donors (Lipinski definition) is 1. The Morgan fingerprint density at radius 3 is 2.65 bits per heavy atom. The van der Waals surface area contributed by atoms with Gasteiger partial charge in [0, 0.05) is 26.2 Å². The first-order valence-corrected chi connectivity index (χ1v) is 8.97. The monoisotopic (exact) mass is 304 g/mol. The third-order valence-electron chi connectivity index (χ3n) is 4.30. The first kappa shape index (κ1) is 15.7. The number of nitrogens with one attached hydrogen (secondary N) is 1. The van der Waals surface area contributed by atoms with Gasteiger partial charge in [0.15, 0.2) is 9.84 Å². The van der Waals surface area contributed by atoms with Crippen LogP contribution in [0.4, 0.5) is 0 Å². The topological polar surface area (TPSA) is 75.7 Å². The predicted molar refractivity (Wildman–Crippen MR) is 76.2 cm³/mol. The number of nitrogens with zero attached hydrogens (tertiary/aromatic N) is 1. The van der Waals surface area contributed by atoms with Gasteiger partial charge in [-0.15, -0.1) is 0 Å². The van der Waals surface area contributed by atoms with Crippen LogP contribution in [0.15, 0.2) is 0 Å². The molecule has 0 aliphatic carbocycles. The molecule has 2 saturated heterocycles. The number of sulfone groups is 1. The minimum Gasteiger partial charge on any atom is -0.383 e. The summed E-state index contributed by atoms with van der Waals surface area (Å²) in [5, 5.41) is 3.22. The Morgan fingerprint density at radius 2 is 2.15 bits per heavy atom. The van der Waals surface area contributed by atoms with E-state index in [4.69, 9.17) is 4.74 Å². The number of rotatable bonds is 5. The van der Waals surface area contributed by atoms with Gasteiger partial charge in [-0.25, -0.2) is 8.42 Å². The highest BCUT2D eigenvalue weighted by Gasteiger charge is 2.39. The van der Waals surface area contributed by atoms with Crippen LogP contribution in [-0.4, -0.2) is 70.1 Å². The summed E-state index contributed by atoms with van der Waals surface area (Å²) in [4.78, 5) is 14.4. The van der Waals surface area contributed by atoms with Crippen LogP contribution in [0, 0.1) is 11.8 Å². The Kier molecular flexibility index (Phi) is 5.04. The first-order valence-electron chi connectivity index (χ1n) is 7.15. The number of carbonyl (C=O) groups excluding carboxylic acids is 1. The molecule has 0 radical (unpaired) electrons. The van der Waals surface area contributed by atoms with Crippen molar-refractivity contribution in [2.24, 2.45) is 11.8 Å². The lowest BCUT2D eigenvalue weighted by Gasteiger charge is -2.31. The molecule has 0 aromatic carbocycles. The first-order chi connectivity index (χ1) is 9.44. The van der Waals surface area contributed by atoms with Crippen molar-refractivity contribution in [3.8, 4) is 0 Å². The second-order valence-electron chi connectivity index (χ2n) is 5.82. The molecule has 2 rings (SSSR count). The minimum atomic E-state index is -2.99. The lowest BCUT2D eigenvalue weighted by molar-refractivity contribution is -0.138. The Balaban J connectivity index is 2.08. The van der Waals surface area contributed by atoms with Crippen molar-refractivity contribution >= 4 is 15.7 Å². The van der Waals surface area contributed by atoms with E-state index in [-0.39, 0.29) is 29.4 Å². The van der Waals surface area contributed by atoms with Crippen molar-refractivity contribution in [2.75, 3.05) is 44.9 Å². The highest BCUT2D eigenvalue weighted by Crippen LogP contribution is 2.24. The zero-order chi connectivity index (χ0) is 14.8. The molecule has 0 aromatic rings. The van der Waals surface area contributed by atoms with Gasteiger partial charge in [-0.3, -0.25) is 4.79 Å². The van der Waals surface area contributed by atoms with Crippen LogP contribution in [0.3, 0.4) is 0 Å². The smallest absolute Gasteiger partial charge is 0.227 e. The molecule has 2 aliphatic heterocycles. The largest absolute Gasteiger partial charge is 0.383 e. The van der Waals surface area contributed by atoms with E-state index >= 15 is 0 Å². The van der Waals surface area contributed by atoms with E-state index in [2.05, 4.69) is 12.2 Å². The van der Waals surface area contributed by atoms with E-state index < -0.39 is 9.84 Å². The van der Waals surface area contributed by atoms with Gasteiger partial charge in [0.25, 0.3) is 0 Å². The van der Waals surface area contributed by atoms with Crippen LogP contribution in [0.2, 0.25) is 0 Å². The van der Waals surface area contributed by atoms with Gasteiger partial charge in [0.1, 0.15) is 0 Å². The second-order valence-corrected chi connectivity index (χ2v) is 8.05. The van der Waals surface area contributed by atoms with E-state index in [1.54, 1.807) is 12.0 Å². The van der Waals surface area contributed by atoms with E-state index in [0.717, 1.165) is 6.54 Å². The molecular formula is C13H24N2O4S. The summed E-state index contributed by atoms with van der Waals surface area (Å²) >= 11 is 0. The molecule has 116 valence electrons. The van der Waals surface area contributed by atoms with Gasteiger partial charge in [-0.1, -0.05) is 6.92 Å². The second kappa shape index (κ2) is 6.41. The van der Waals surface area contributed by atoms with Crippen molar-refractivity contribution in [1.82, 2.24) is 10.2 Å². The molecule has 2 aliphatic rings. The molecular weight excluding hydrogens is 280 g/mol. The lowest BCUT2D eigenvalue weighted by atomic mass is 9.96. The average molecular weight is 304 g/mol. The third kappa shape index (κ3) is 3.51. The van der Waals surface area contributed by atoms with Crippen LogP contribution in [0.5, 0.6) is 0 Å². The molecule has 0 bridgehead atoms. The number of amides is 1. The molecule has 0 saturated carbocycles. The molecule has 2 fully saturated rings. The number of hydrogen-bond acceptors (Lipinski definition) is 5. The van der Waals surface area contributed by atoms with Gasteiger partial charge in [-0.2, -0.15) is 0 Å². The molecule has 0 spiro atoms. The molecule has 0 aromatic heterocycles. The van der Waals surface area contributed by atoms with Crippen molar-refractivity contribution < 1.29 is 17.9 Å². The molecule has 6 nitrogen and oxygen atoms in total. The molecule has 2 heterocycles. The van der Waals surface area contributed by atoms with E-state index in [9.17, 15) is 13.2 Å². The number of carbonyl (C=O) groups is 1. The molecule has 1 amide bonds. The summed E-state index contributed by atoms with van der Waals surface area (Å²) in [5.41, 5.74) is 0. The van der Waals surface area contributed by atoms with Gasteiger partial charge in [0.05, 0.1) is 24.0 Å². The Bertz CT molecular complexity index is 451. The summed E-state index contributed by atoms with van der Waals surface area (Å²) in [7, 11) is -1.40. The highest BCUT2D eigenvalue weighted by molar-refractivity contribution is 7.91. The van der Waals surface area contributed by atoms with Gasteiger partial charge >= 0.3 is 0 Å². The van der Waals surface area contributed by atoms with Crippen molar-refractivity contribution in [1.29, 1.82) is 0 Å². The lowest BCUT2D eigenvalue weighted by Crippen LogP contribution is -2.47. The van der Waals surface area contributed by atoms with Crippen molar-refractivity contribution in [3.05, 3.63) is 0 Å². The van der Waals surface area contributed by atoms with Crippen molar-refractivity contribution in [3.63, 3.8) is 0 Å². The zero-order valence-corrected chi connectivity index (χ0v) is 13.0. The summed E-state index contributed by atoms with van der Waals surface area (Å²) < 4.78 is 28.4. The van der Waals surface area contributed by atoms with Crippen LogP contribution in [0.1, 0.15) is 13.3 Å². The normalized spacial score (nSPS) is 32.4. The van der Waals surface area contributed by atoms with E-state index in [0.29, 0.717) is 32.0 Å². The zero-order valence-electron chi connectivity index (χ0n) is 12.2. The number of methoxy groups -OCH3 is 1. The van der Waals surface area contributed by atoms with Crippen LogP contribution in [-0.2, 0) is 19.4 Å². The summed E-state index contributed by atoms with van der Waals surface area (Å²) in [5.74, 6) is 0.603. The molecule has 1 unspecified atom stereocenters. The van der Waals surface area contributed by atoms with Gasteiger partial charge in [-0.05, 0) is 18.9 Å². The molecule has 20 heavy (non-hydrogen) atoms. The Labute approximate surface area is 120 Å². The van der Waals surface area contributed by atoms with Gasteiger partial charge in [0.2, 0.25) is 5.91 Å². The van der Waals surface area contributed by atoms with Crippen LogP contribution in [0.25, 0.3) is 0 Å². The SMILES string of the molecule is COCCN(C(=O)[C@@H]1CNC[C@H]1C)C1CCS(=O)(=O)C1. The highest BCUT2D eigenvalue weighted by atomic mass is 32.2. The minimum absolute atomic E-state index is 0.0461. The third-order valence-corrected chi connectivity index (χ3v) is 6.05. The quantitative estimate of drug-likeness (QED) is 0.741. The fourth-order valence-electron chi connectivity index (χ4n) is 3.04. The summed E-state index contributed by atoms with van der Waals surface area (Å²) in [6.45, 7) is 4.50. The molecule has 3 atom stereocenters.